The second-order valence-electron chi connectivity index (χ2n) is 6.24. The SMILES string of the molecule is O=C(C1CC=CCC1)N1CCN(CC2CCCO2)CC1. The van der Waals surface area contributed by atoms with E-state index in [-0.39, 0.29) is 5.92 Å². The van der Waals surface area contributed by atoms with E-state index in [9.17, 15) is 4.79 Å². The number of nitrogens with zero attached hydrogens (tertiary/aromatic N) is 2. The number of amides is 1. The van der Waals surface area contributed by atoms with Gasteiger partial charge in [-0.05, 0) is 32.1 Å². The highest BCUT2D eigenvalue weighted by Crippen LogP contribution is 2.21. The highest BCUT2D eigenvalue weighted by molar-refractivity contribution is 5.79. The minimum atomic E-state index is 0.240. The smallest absolute Gasteiger partial charge is 0.226 e. The second-order valence-corrected chi connectivity index (χ2v) is 6.24. The summed E-state index contributed by atoms with van der Waals surface area (Å²) in [5, 5.41) is 0. The van der Waals surface area contributed by atoms with Crippen LogP contribution in [-0.2, 0) is 9.53 Å². The number of allylic oxidation sites excluding steroid dienone is 2. The molecule has 112 valence electrons. The molecule has 3 aliphatic rings. The van der Waals surface area contributed by atoms with E-state index in [0.29, 0.717) is 12.0 Å². The molecule has 4 heteroatoms. The van der Waals surface area contributed by atoms with Gasteiger partial charge in [0.1, 0.15) is 0 Å². The number of hydrogen-bond acceptors (Lipinski definition) is 3. The Balaban J connectivity index is 1.43. The van der Waals surface area contributed by atoms with Crippen molar-refractivity contribution in [3.8, 4) is 0 Å². The third-order valence-corrected chi connectivity index (χ3v) is 4.79. The summed E-state index contributed by atoms with van der Waals surface area (Å²) in [4.78, 5) is 17.0. The minimum absolute atomic E-state index is 0.240. The van der Waals surface area contributed by atoms with Crippen LogP contribution in [0.2, 0.25) is 0 Å². The molecule has 20 heavy (non-hydrogen) atoms. The predicted molar refractivity (Wildman–Crippen MR) is 78.5 cm³/mol. The Bertz CT molecular complexity index is 355. The van der Waals surface area contributed by atoms with Crippen LogP contribution in [0.4, 0.5) is 0 Å². The Morgan fingerprint density at radius 3 is 2.65 bits per heavy atom. The zero-order valence-electron chi connectivity index (χ0n) is 12.3. The van der Waals surface area contributed by atoms with Gasteiger partial charge in [0, 0.05) is 45.2 Å². The lowest BCUT2D eigenvalue weighted by atomic mass is 9.93. The van der Waals surface area contributed by atoms with E-state index in [2.05, 4.69) is 22.0 Å². The fraction of sp³-hybridized carbons (Fsp3) is 0.812. The van der Waals surface area contributed by atoms with Crippen molar-refractivity contribution in [3.63, 3.8) is 0 Å². The summed E-state index contributed by atoms with van der Waals surface area (Å²) in [5.41, 5.74) is 0. The first-order chi connectivity index (χ1) is 9.83. The Kier molecular flexibility index (Phi) is 4.73. The number of rotatable bonds is 3. The van der Waals surface area contributed by atoms with Crippen molar-refractivity contribution in [2.45, 2.75) is 38.2 Å². The van der Waals surface area contributed by atoms with Crippen molar-refractivity contribution in [1.29, 1.82) is 0 Å². The molecule has 0 spiro atoms. The van der Waals surface area contributed by atoms with Gasteiger partial charge in [-0.25, -0.2) is 0 Å². The van der Waals surface area contributed by atoms with Crippen LogP contribution in [0, 0.1) is 5.92 Å². The van der Waals surface area contributed by atoms with Crippen LogP contribution < -0.4 is 0 Å². The quantitative estimate of drug-likeness (QED) is 0.736. The molecule has 0 aromatic heterocycles. The molecular weight excluding hydrogens is 252 g/mol. The van der Waals surface area contributed by atoms with Gasteiger partial charge in [-0.3, -0.25) is 9.69 Å². The number of carbonyl (C=O) groups excluding carboxylic acids is 1. The minimum Gasteiger partial charge on any atom is -0.377 e. The van der Waals surface area contributed by atoms with E-state index in [1.807, 2.05) is 0 Å². The van der Waals surface area contributed by atoms with Crippen LogP contribution in [0.3, 0.4) is 0 Å². The molecule has 0 saturated carbocycles. The summed E-state index contributed by atoms with van der Waals surface area (Å²) < 4.78 is 5.70. The lowest BCUT2D eigenvalue weighted by Crippen LogP contribution is -2.51. The maximum absolute atomic E-state index is 12.5. The van der Waals surface area contributed by atoms with Gasteiger partial charge in [0.2, 0.25) is 5.91 Å². The van der Waals surface area contributed by atoms with Gasteiger partial charge < -0.3 is 9.64 Å². The van der Waals surface area contributed by atoms with Crippen molar-refractivity contribution in [3.05, 3.63) is 12.2 Å². The van der Waals surface area contributed by atoms with E-state index in [0.717, 1.165) is 58.6 Å². The summed E-state index contributed by atoms with van der Waals surface area (Å²) >= 11 is 0. The van der Waals surface area contributed by atoms with Crippen LogP contribution >= 0.6 is 0 Å². The van der Waals surface area contributed by atoms with Crippen molar-refractivity contribution in [2.75, 3.05) is 39.3 Å². The molecular formula is C16H26N2O2. The predicted octanol–water partition coefficient (Wildman–Crippen LogP) is 1.67. The topological polar surface area (TPSA) is 32.8 Å². The average molecular weight is 278 g/mol. The van der Waals surface area contributed by atoms with Gasteiger partial charge >= 0.3 is 0 Å². The van der Waals surface area contributed by atoms with Gasteiger partial charge in [-0.2, -0.15) is 0 Å². The summed E-state index contributed by atoms with van der Waals surface area (Å²) in [5.74, 6) is 0.621. The highest BCUT2D eigenvalue weighted by Gasteiger charge is 2.28. The van der Waals surface area contributed by atoms with Crippen molar-refractivity contribution in [2.24, 2.45) is 5.92 Å². The van der Waals surface area contributed by atoms with E-state index in [4.69, 9.17) is 4.74 Å². The van der Waals surface area contributed by atoms with Gasteiger partial charge in [0.05, 0.1) is 6.10 Å². The first-order valence-corrected chi connectivity index (χ1v) is 8.10. The summed E-state index contributed by atoms with van der Waals surface area (Å²) in [6.45, 7) is 5.78. The maximum Gasteiger partial charge on any atom is 0.226 e. The molecule has 0 aromatic rings. The van der Waals surface area contributed by atoms with Crippen molar-refractivity contribution < 1.29 is 9.53 Å². The summed E-state index contributed by atoms with van der Waals surface area (Å²) in [7, 11) is 0. The fourth-order valence-electron chi connectivity index (χ4n) is 3.50. The fourth-order valence-corrected chi connectivity index (χ4v) is 3.50. The van der Waals surface area contributed by atoms with E-state index in [1.54, 1.807) is 0 Å². The molecule has 4 nitrogen and oxygen atoms in total. The second kappa shape index (κ2) is 6.72. The molecule has 0 radical (unpaired) electrons. The number of ether oxygens (including phenoxy) is 1. The van der Waals surface area contributed by atoms with Crippen LogP contribution in [0.25, 0.3) is 0 Å². The zero-order valence-corrected chi connectivity index (χ0v) is 12.3. The first-order valence-electron chi connectivity index (χ1n) is 8.10. The van der Waals surface area contributed by atoms with Crippen LogP contribution in [-0.4, -0.2) is 61.1 Å². The normalized spacial score (nSPS) is 31.7. The first kappa shape index (κ1) is 14.1. The van der Waals surface area contributed by atoms with Crippen molar-refractivity contribution in [1.82, 2.24) is 9.80 Å². The Morgan fingerprint density at radius 1 is 1.15 bits per heavy atom. The number of hydrogen-bond donors (Lipinski definition) is 0. The molecule has 2 aliphatic heterocycles. The highest BCUT2D eigenvalue weighted by atomic mass is 16.5. The molecule has 2 unspecified atom stereocenters. The van der Waals surface area contributed by atoms with Gasteiger partial charge in [-0.15, -0.1) is 0 Å². The molecule has 0 N–H and O–H groups in total. The van der Waals surface area contributed by atoms with Gasteiger partial charge in [0.15, 0.2) is 0 Å². The molecule has 2 atom stereocenters. The standard InChI is InChI=1S/C16H26N2O2/c19-16(14-5-2-1-3-6-14)18-10-8-17(9-11-18)13-15-7-4-12-20-15/h1-2,14-15H,3-13H2. The lowest BCUT2D eigenvalue weighted by Gasteiger charge is -2.37. The monoisotopic (exact) mass is 278 g/mol. The summed E-state index contributed by atoms with van der Waals surface area (Å²) in [6, 6.07) is 0. The van der Waals surface area contributed by atoms with Crippen LogP contribution in [0.15, 0.2) is 12.2 Å². The number of piperazine rings is 1. The molecule has 2 heterocycles. The summed E-state index contributed by atoms with van der Waals surface area (Å²) in [6.07, 6.45) is 10.2. The van der Waals surface area contributed by atoms with Crippen molar-refractivity contribution >= 4 is 5.91 Å². The largest absolute Gasteiger partial charge is 0.377 e. The molecule has 1 aliphatic carbocycles. The Morgan fingerprint density at radius 2 is 2.00 bits per heavy atom. The van der Waals surface area contributed by atoms with Gasteiger partial charge in [0.25, 0.3) is 0 Å². The number of carbonyl (C=O) groups is 1. The van der Waals surface area contributed by atoms with Gasteiger partial charge in [-0.1, -0.05) is 12.2 Å². The van der Waals surface area contributed by atoms with E-state index >= 15 is 0 Å². The Labute approximate surface area is 121 Å². The van der Waals surface area contributed by atoms with E-state index < -0.39 is 0 Å². The molecule has 0 bridgehead atoms. The average Bonchev–Trinajstić information content (AvgIpc) is 3.01. The lowest BCUT2D eigenvalue weighted by molar-refractivity contribution is -0.137. The molecule has 2 fully saturated rings. The van der Waals surface area contributed by atoms with Crippen LogP contribution in [0.5, 0.6) is 0 Å². The third-order valence-electron chi connectivity index (χ3n) is 4.79. The zero-order chi connectivity index (χ0) is 13.8. The molecule has 2 saturated heterocycles. The molecule has 3 rings (SSSR count). The molecule has 1 amide bonds. The van der Waals surface area contributed by atoms with E-state index in [1.165, 1.54) is 12.8 Å². The Hall–Kier alpha value is -0.870. The third kappa shape index (κ3) is 3.41. The maximum atomic E-state index is 12.5. The van der Waals surface area contributed by atoms with Crippen LogP contribution in [0.1, 0.15) is 32.1 Å². The molecule has 0 aromatic carbocycles.